The van der Waals surface area contributed by atoms with Crippen molar-refractivity contribution >= 4 is 17.5 Å². The summed E-state index contributed by atoms with van der Waals surface area (Å²) in [5, 5.41) is 2.52. The normalized spacial score (nSPS) is 10.4. The topological polar surface area (TPSA) is 94.2 Å². The van der Waals surface area contributed by atoms with E-state index in [1.54, 1.807) is 30.3 Å². The van der Waals surface area contributed by atoms with Gasteiger partial charge in [-0.05, 0) is 30.3 Å². The van der Waals surface area contributed by atoms with Crippen LogP contribution in [0, 0.1) is 5.82 Å². The number of pyridine rings is 1. The van der Waals surface area contributed by atoms with Crippen LogP contribution in [-0.2, 0) is 6.54 Å². The number of aromatic nitrogens is 1. The van der Waals surface area contributed by atoms with E-state index in [0.29, 0.717) is 5.56 Å². The predicted octanol–water partition coefficient (Wildman–Crippen LogP) is 2.39. The fraction of sp³-hybridized carbons (Fsp3) is 0.0500. The molecular weight excluding hydrogens is 349 g/mol. The Balaban J connectivity index is 1.90. The molecule has 0 aliphatic carbocycles. The Bertz CT molecular complexity index is 1080. The van der Waals surface area contributed by atoms with Gasteiger partial charge in [-0.3, -0.25) is 14.4 Å². The highest BCUT2D eigenvalue weighted by Gasteiger charge is 2.16. The lowest BCUT2D eigenvalue weighted by Crippen LogP contribution is -2.29. The highest BCUT2D eigenvalue weighted by Crippen LogP contribution is 2.15. The number of halogens is 1. The first-order valence-electron chi connectivity index (χ1n) is 8.10. The third-order valence-corrected chi connectivity index (χ3v) is 4.00. The molecule has 27 heavy (non-hydrogen) atoms. The summed E-state index contributed by atoms with van der Waals surface area (Å²) in [7, 11) is 0. The molecule has 6 nitrogen and oxygen atoms in total. The average Bonchev–Trinajstić information content (AvgIpc) is 2.65. The molecule has 1 heterocycles. The Morgan fingerprint density at radius 1 is 0.963 bits per heavy atom. The number of rotatable bonds is 5. The molecule has 7 heteroatoms. The van der Waals surface area contributed by atoms with Gasteiger partial charge in [0.1, 0.15) is 11.4 Å². The van der Waals surface area contributed by atoms with Crippen molar-refractivity contribution in [2.45, 2.75) is 6.54 Å². The standard InChI is InChI=1S/C20H16FN3O3/c21-16-9-3-1-6-13(16)12-24-11-5-8-15(20(24)27)19(26)23-17-10-4-2-7-14(17)18(22)25/h1-11H,12H2,(H2,22,25)(H,23,26). The second-order valence-electron chi connectivity index (χ2n) is 5.81. The molecule has 0 spiro atoms. The van der Waals surface area contributed by atoms with E-state index in [0.717, 1.165) is 0 Å². The van der Waals surface area contributed by atoms with E-state index >= 15 is 0 Å². The summed E-state index contributed by atoms with van der Waals surface area (Å²) in [6.45, 7) is -0.00943. The Morgan fingerprint density at radius 2 is 1.63 bits per heavy atom. The average molecular weight is 365 g/mol. The minimum atomic E-state index is -0.698. The van der Waals surface area contributed by atoms with Gasteiger partial charge in [-0.15, -0.1) is 0 Å². The first-order chi connectivity index (χ1) is 13.0. The van der Waals surface area contributed by atoms with Gasteiger partial charge in [-0.1, -0.05) is 30.3 Å². The Hall–Kier alpha value is -3.74. The summed E-state index contributed by atoms with van der Waals surface area (Å²) in [5.74, 6) is -1.82. The molecule has 0 fully saturated rings. The Morgan fingerprint density at radius 3 is 2.37 bits per heavy atom. The molecule has 3 rings (SSSR count). The van der Waals surface area contributed by atoms with Crippen LogP contribution in [-0.4, -0.2) is 16.4 Å². The molecule has 3 N–H and O–H groups in total. The fourth-order valence-corrected chi connectivity index (χ4v) is 2.64. The Labute approximate surface area is 154 Å². The quantitative estimate of drug-likeness (QED) is 0.727. The van der Waals surface area contributed by atoms with Crippen molar-refractivity contribution in [2.24, 2.45) is 5.73 Å². The van der Waals surface area contributed by atoms with Crippen molar-refractivity contribution in [3.8, 4) is 0 Å². The molecule has 0 atom stereocenters. The lowest BCUT2D eigenvalue weighted by atomic mass is 10.1. The van der Waals surface area contributed by atoms with Crippen LogP contribution >= 0.6 is 0 Å². The predicted molar refractivity (Wildman–Crippen MR) is 99.1 cm³/mol. The summed E-state index contributed by atoms with van der Waals surface area (Å²) in [6.07, 6.45) is 1.48. The van der Waals surface area contributed by atoms with Crippen molar-refractivity contribution in [3.63, 3.8) is 0 Å². The first-order valence-corrected chi connectivity index (χ1v) is 8.10. The third kappa shape index (κ3) is 3.92. The smallest absolute Gasteiger partial charge is 0.263 e. The van der Waals surface area contributed by atoms with Crippen LogP contribution in [0.3, 0.4) is 0 Å². The summed E-state index contributed by atoms with van der Waals surface area (Å²) in [5.41, 5.74) is 5.26. The molecule has 3 aromatic rings. The van der Waals surface area contributed by atoms with E-state index in [1.165, 1.54) is 41.1 Å². The molecule has 136 valence electrons. The van der Waals surface area contributed by atoms with Gasteiger partial charge in [0.25, 0.3) is 17.4 Å². The largest absolute Gasteiger partial charge is 0.366 e. The summed E-state index contributed by atoms with van der Waals surface area (Å²) in [6, 6.07) is 15.2. The zero-order valence-corrected chi connectivity index (χ0v) is 14.2. The van der Waals surface area contributed by atoms with Crippen LogP contribution in [0.2, 0.25) is 0 Å². The summed E-state index contributed by atoms with van der Waals surface area (Å²) in [4.78, 5) is 36.6. The lowest BCUT2D eigenvalue weighted by molar-refractivity contribution is 0.100. The molecule has 0 saturated heterocycles. The van der Waals surface area contributed by atoms with Crippen LogP contribution < -0.4 is 16.6 Å². The number of para-hydroxylation sites is 1. The third-order valence-electron chi connectivity index (χ3n) is 4.00. The first kappa shape index (κ1) is 18.1. The molecule has 0 bridgehead atoms. The highest BCUT2D eigenvalue weighted by atomic mass is 19.1. The van der Waals surface area contributed by atoms with E-state index in [4.69, 9.17) is 5.73 Å². The monoisotopic (exact) mass is 365 g/mol. The fourth-order valence-electron chi connectivity index (χ4n) is 2.64. The summed E-state index contributed by atoms with van der Waals surface area (Å²) >= 11 is 0. The molecule has 0 unspecified atom stereocenters. The molecule has 2 amide bonds. The molecule has 0 aliphatic rings. The zero-order chi connectivity index (χ0) is 19.4. The Kier molecular flexibility index (Phi) is 5.12. The van der Waals surface area contributed by atoms with Gasteiger partial charge in [-0.25, -0.2) is 4.39 Å². The number of benzene rings is 2. The highest BCUT2D eigenvalue weighted by molar-refractivity contribution is 6.08. The van der Waals surface area contributed by atoms with Gasteiger partial charge < -0.3 is 15.6 Å². The molecule has 0 saturated carbocycles. The van der Waals surface area contributed by atoms with Crippen molar-refractivity contribution in [1.29, 1.82) is 0 Å². The number of amides is 2. The lowest BCUT2D eigenvalue weighted by Gasteiger charge is -2.11. The number of hydrogen-bond acceptors (Lipinski definition) is 3. The SMILES string of the molecule is NC(=O)c1ccccc1NC(=O)c1cccn(Cc2ccccc2F)c1=O. The maximum atomic E-state index is 13.8. The molecule has 0 aliphatic heterocycles. The van der Waals surface area contributed by atoms with Gasteiger partial charge in [0.2, 0.25) is 0 Å². The van der Waals surface area contributed by atoms with Crippen LogP contribution in [0.5, 0.6) is 0 Å². The molecule has 2 aromatic carbocycles. The van der Waals surface area contributed by atoms with Crippen molar-refractivity contribution in [2.75, 3.05) is 5.32 Å². The number of nitrogens with two attached hydrogens (primary N) is 1. The van der Waals surface area contributed by atoms with E-state index in [9.17, 15) is 18.8 Å². The van der Waals surface area contributed by atoms with Gasteiger partial charge in [0, 0.05) is 11.8 Å². The number of carbonyl (C=O) groups excluding carboxylic acids is 2. The van der Waals surface area contributed by atoms with E-state index in [1.807, 2.05) is 0 Å². The maximum absolute atomic E-state index is 13.8. The number of nitrogens with one attached hydrogen (secondary N) is 1. The molecular formula is C20H16FN3O3. The minimum Gasteiger partial charge on any atom is -0.366 e. The van der Waals surface area contributed by atoms with Crippen molar-refractivity contribution < 1.29 is 14.0 Å². The van der Waals surface area contributed by atoms with Crippen LogP contribution in [0.4, 0.5) is 10.1 Å². The van der Waals surface area contributed by atoms with Crippen LogP contribution in [0.15, 0.2) is 71.7 Å². The minimum absolute atomic E-state index is 0.00943. The zero-order valence-electron chi connectivity index (χ0n) is 14.2. The molecule has 1 aromatic heterocycles. The van der Waals surface area contributed by atoms with E-state index in [2.05, 4.69) is 5.32 Å². The van der Waals surface area contributed by atoms with Crippen LogP contribution in [0.1, 0.15) is 26.3 Å². The van der Waals surface area contributed by atoms with E-state index < -0.39 is 23.2 Å². The number of hydrogen-bond donors (Lipinski definition) is 2. The second-order valence-corrected chi connectivity index (χ2v) is 5.81. The van der Waals surface area contributed by atoms with Gasteiger partial charge >= 0.3 is 0 Å². The van der Waals surface area contributed by atoms with Crippen molar-refractivity contribution in [3.05, 3.63) is 99.7 Å². The number of carbonyl (C=O) groups is 2. The summed E-state index contributed by atoms with van der Waals surface area (Å²) < 4.78 is 15.1. The maximum Gasteiger partial charge on any atom is 0.263 e. The van der Waals surface area contributed by atoms with E-state index in [-0.39, 0.29) is 23.4 Å². The van der Waals surface area contributed by atoms with Gasteiger partial charge in [0.05, 0.1) is 17.8 Å². The number of nitrogens with zero attached hydrogens (tertiary/aromatic N) is 1. The van der Waals surface area contributed by atoms with Crippen molar-refractivity contribution in [1.82, 2.24) is 4.57 Å². The van der Waals surface area contributed by atoms with Gasteiger partial charge in [0.15, 0.2) is 0 Å². The number of primary amides is 1. The van der Waals surface area contributed by atoms with Crippen LogP contribution in [0.25, 0.3) is 0 Å². The van der Waals surface area contributed by atoms with Gasteiger partial charge in [-0.2, -0.15) is 0 Å². The number of anilines is 1. The molecule has 0 radical (unpaired) electrons. The second kappa shape index (κ2) is 7.65.